The van der Waals surface area contributed by atoms with E-state index in [-0.39, 0.29) is 18.0 Å². The highest BCUT2D eigenvalue weighted by Gasteiger charge is 2.40. The van der Waals surface area contributed by atoms with Crippen LogP contribution in [-0.2, 0) is 11.2 Å². The lowest BCUT2D eigenvalue weighted by atomic mass is 9.63. The molecule has 3 aromatic rings. The van der Waals surface area contributed by atoms with Crippen LogP contribution in [0.1, 0.15) is 48.9 Å². The van der Waals surface area contributed by atoms with E-state index in [1.54, 1.807) is 12.3 Å². The van der Waals surface area contributed by atoms with Crippen molar-refractivity contribution >= 4 is 12.2 Å². The van der Waals surface area contributed by atoms with Crippen LogP contribution in [0.15, 0.2) is 61.1 Å². The van der Waals surface area contributed by atoms with Gasteiger partial charge in [0.1, 0.15) is 5.82 Å². The number of hydrogen-bond donors (Lipinski definition) is 2. The number of allylic oxidation sites excluding steroid dienone is 1. The predicted molar refractivity (Wildman–Crippen MR) is 131 cm³/mol. The van der Waals surface area contributed by atoms with E-state index in [9.17, 15) is 9.18 Å². The summed E-state index contributed by atoms with van der Waals surface area (Å²) in [7, 11) is 0. The van der Waals surface area contributed by atoms with Crippen LogP contribution >= 0.6 is 0 Å². The smallest absolute Gasteiger partial charge is 0.407 e. The van der Waals surface area contributed by atoms with Crippen molar-refractivity contribution in [2.75, 3.05) is 6.61 Å². The van der Waals surface area contributed by atoms with Crippen molar-refractivity contribution in [1.29, 1.82) is 0 Å². The number of aromatic amines is 1. The number of aromatic nitrogens is 2. The third-order valence-corrected chi connectivity index (χ3v) is 7.23. The fraction of sp³-hybridized carbons (Fsp3) is 0.357. The highest BCUT2D eigenvalue weighted by atomic mass is 19.1. The third kappa shape index (κ3) is 4.76. The average Bonchev–Trinajstić information content (AvgIpc) is 3.30. The van der Waals surface area contributed by atoms with Crippen LogP contribution in [0.3, 0.4) is 0 Å². The second-order valence-corrected chi connectivity index (χ2v) is 9.31. The van der Waals surface area contributed by atoms with E-state index in [0.29, 0.717) is 24.4 Å². The van der Waals surface area contributed by atoms with Crippen LogP contribution < -0.4 is 5.32 Å². The van der Waals surface area contributed by atoms with Gasteiger partial charge >= 0.3 is 6.09 Å². The van der Waals surface area contributed by atoms with Gasteiger partial charge in [0.25, 0.3) is 0 Å². The summed E-state index contributed by atoms with van der Waals surface area (Å²) in [6, 6.07) is 10.7. The maximum atomic E-state index is 13.5. The summed E-state index contributed by atoms with van der Waals surface area (Å²) in [5.41, 5.74) is 5.34. The molecule has 1 saturated carbocycles. The first-order valence-corrected chi connectivity index (χ1v) is 12.1. The molecular formula is C28H30FN3O2. The quantitative estimate of drug-likeness (QED) is 0.484. The first-order valence-electron chi connectivity index (χ1n) is 12.1. The Morgan fingerprint density at radius 3 is 2.94 bits per heavy atom. The summed E-state index contributed by atoms with van der Waals surface area (Å²) in [6.45, 7) is 2.22. The molecule has 1 amide bonds. The molecule has 2 N–H and O–H groups in total. The van der Waals surface area contributed by atoms with Gasteiger partial charge in [0.05, 0.1) is 12.3 Å². The SMILES string of the molecule is CCOC(=O)N[C@H]1CC[C@@H]2[C@H](Cc3c[nH]cc3[C@H]2/C=C/c2ccc(-c3cccc(F)c3)cn2)C1. The van der Waals surface area contributed by atoms with Crippen molar-refractivity contribution in [3.8, 4) is 11.1 Å². The Bertz CT molecular complexity index is 1170. The number of H-pyrrole nitrogens is 1. The zero-order valence-electron chi connectivity index (χ0n) is 19.3. The van der Waals surface area contributed by atoms with E-state index < -0.39 is 0 Å². The largest absolute Gasteiger partial charge is 0.450 e. The summed E-state index contributed by atoms with van der Waals surface area (Å²) < 4.78 is 18.6. The Labute approximate surface area is 199 Å². The number of hydrogen-bond acceptors (Lipinski definition) is 3. The number of ether oxygens (including phenoxy) is 1. The van der Waals surface area contributed by atoms with E-state index in [2.05, 4.69) is 39.8 Å². The fourth-order valence-electron chi connectivity index (χ4n) is 5.67. The zero-order chi connectivity index (χ0) is 23.5. The molecule has 1 aromatic carbocycles. The molecule has 0 aliphatic heterocycles. The van der Waals surface area contributed by atoms with Crippen molar-refractivity contribution in [2.24, 2.45) is 11.8 Å². The van der Waals surface area contributed by atoms with Gasteiger partial charge in [-0.3, -0.25) is 4.98 Å². The number of alkyl carbamates (subject to hydrolysis) is 1. The number of pyridine rings is 1. The van der Waals surface area contributed by atoms with Gasteiger partial charge in [-0.25, -0.2) is 9.18 Å². The molecule has 0 radical (unpaired) electrons. The second-order valence-electron chi connectivity index (χ2n) is 9.31. The lowest BCUT2D eigenvalue weighted by Gasteiger charge is -2.43. The van der Waals surface area contributed by atoms with E-state index in [4.69, 9.17) is 4.74 Å². The average molecular weight is 460 g/mol. The molecule has 5 nitrogen and oxygen atoms in total. The summed E-state index contributed by atoms with van der Waals surface area (Å²) >= 11 is 0. The number of fused-ring (bicyclic) bond motifs is 2. The Morgan fingerprint density at radius 1 is 1.24 bits per heavy atom. The summed E-state index contributed by atoms with van der Waals surface area (Å²) in [5, 5.41) is 3.05. The molecule has 6 heteroatoms. The van der Waals surface area contributed by atoms with Crippen molar-refractivity contribution in [1.82, 2.24) is 15.3 Å². The van der Waals surface area contributed by atoms with Crippen molar-refractivity contribution in [3.05, 3.63) is 83.7 Å². The molecule has 5 rings (SSSR count). The normalized spacial score (nSPS) is 23.8. The highest BCUT2D eigenvalue weighted by molar-refractivity contribution is 5.67. The standard InChI is InChI=1S/C28H30FN3O2/c1-2-34-28(33)32-24-9-10-25-20(14-24)12-21-15-30-17-27(21)26(25)11-8-23-7-6-19(16-31-23)18-4-3-5-22(29)13-18/h3-8,11,13,15-17,20,24-26,30H,2,9-10,12,14H2,1H3,(H,32,33)/b11-8+/t20-,24+,25-,26+/m1/s1. The molecule has 2 aliphatic rings. The van der Waals surface area contributed by atoms with Crippen molar-refractivity contribution < 1.29 is 13.9 Å². The van der Waals surface area contributed by atoms with Crippen LogP contribution in [0.5, 0.6) is 0 Å². The summed E-state index contributed by atoms with van der Waals surface area (Å²) in [5.74, 6) is 1.12. The maximum Gasteiger partial charge on any atom is 0.407 e. The second kappa shape index (κ2) is 9.84. The summed E-state index contributed by atoms with van der Waals surface area (Å²) in [4.78, 5) is 19.8. The summed E-state index contributed by atoms with van der Waals surface area (Å²) in [6.07, 6.45) is 14.1. The van der Waals surface area contributed by atoms with Gasteiger partial charge in [-0.1, -0.05) is 24.3 Å². The van der Waals surface area contributed by atoms with E-state index in [1.807, 2.05) is 25.1 Å². The topological polar surface area (TPSA) is 67.0 Å². The van der Waals surface area contributed by atoms with Gasteiger partial charge in [0.2, 0.25) is 0 Å². The Balaban J connectivity index is 1.32. The first-order chi connectivity index (χ1) is 16.6. The van der Waals surface area contributed by atoms with Crippen molar-refractivity contribution in [3.63, 3.8) is 0 Å². The number of nitrogens with one attached hydrogen (secondary N) is 2. The van der Waals surface area contributed by atoms with Crippen LogP contribution in [0.2, 0.25) is 0 Å². The minimum Gasteiger partial charge on any atom is -0.450 e. The van der Waals surface area contributed by atoms with Crippen LogP contribution in [0.4, 0.5) is 9.18 Å². The number of halogens is 1. The minimum absolute atomic E-state index is 0.169. The number of benzene rings is 1. The van der Waals surface area contributed by atoms with Gasteiger partial charge in [-0.2, -0.15) is 0 Å². The number of rotatable bonds is 5. The van der Waals surface area contributed by atoms with Crippen LogP contribution in [0, 0.1) is 17.7 Å². The Morgan fingerprint density at radius 2 is 2.15 bits per heavy atom. The maximum absolute atomic E-state index is 13.5. The van der Waals surface area contributed by atoms with E-state index in [0.717, 1.165) is 42.5 Å². The lowest BCUT2D eigenvalue weighted by molar-refractivity contribution is 0.129. The third-order valence-electron chi connectivity index (χ3n) is 7.23. The molecule has 2 aliphatic carbocycles. The molecule has 0 bridgehead atoms. The van der Waals surface area contributed by atoms with Gasteiger partial charge in [0.15, 0.2) is 0 Å². The van der Waals surface area contributed by atoms with Gasteiger partial charge in [0, 0.05) is 36.1 Å². The number of amides is 1. The van der Waals surface area contributed by atoms with E-state index >= 15 is 0 Å². The molecule has 1 fully saturated rings. The predicted octanol–water partition coefficient (Wildman–Crippen LogP) is 6.10. The van der Waals surface area contributed by atoms with Crippen molar-refractivity contribution in [2.45, 2.75) is 44.6 Å². The molecule has 2 heterocycles. The molecule has 34 heavy (non-hydrogen) atoms. The van der Waals surface area contributed by atoms with Crippen LogP contribution in [0.25, 0.3) is 17.2 Å². The number of carbonyl (C=O) groups excluding carboxylic acids is 1. The molecule has 2 aromatic heterocycles. The van der Waals surface area contributed by atoms with E-state index in [1.165, 1.54) is 23.3 Å². The minimum atomic E-state index is -0.312. The number of nitrogens with zero attached hydrogens (tertiary/aromatic N) is 1. The zero-order valence-corrected chi connectivity index (χ0v) is 19.3. The lowest BCUT2D eigenvalue weighted by Crippen LogP contribution is -2.43. The molecule has 4 atom stereocenters. The Hall–Kier alpha value is -3.41. The first kappa shape index (κ1) is 22.4. The number of carbonyl (C=O) groups is 1. The van der Waals surface area contributed by atoms with Gasteiger partial charge in [-0.05, 0) is 85.4 Å². The monoisotopic (exact) mass is 459 g/mol. The molecule has 0 saturated heterocycles. The fourth-order valence-corrected chi connectivity index (χ4v) is 5.67. The molecule has 0 unspecified atom stereocenters. The van der Waals surface area contributed by atoms with Crippen LogP contribution in [-0.4, -0.2) is 28.7 Å². The molecular weight excluding hydrogens is 429 g/mol. The van der Waals surface area contributed by atoms with Gasteiger partial charge < -0.3 is 15.0 Å². The molecule has 176 valence electrons. The Kier molecular flexibility index (Phi) is 6.48. The highest BCUT2D eigenvalue weighted by Crippen LogP contribution is 2.47. The van der Waals surface area contributed by atoms with Gasteiger partial charge in [-0.15, -0.1) is 0 Å². The molecule has 0 spiro atoms.